The SMILES string of the molecule is C/C(=N\NC(=S)Nc1cccc(C(=O)O)c1)C1=NN(C)C(c2ccc(C(F)(F)F)cc2)C1=O. The Bertz CT molecular complexity index is 1160. The van der Waals surface area contributed by atoms with Crippen LogP contribution in [-0.2, 0) is 11.0 Å². The third-order valence-corrected chi connectivity index (χ3v) is 4.90. The topological polar surface area (TPSA) is 106 Å². The van der Waals surface area contributed by atoms with Crippen molar-refractivity contribution in [2.45, 2.75) is 19.1 Å². The summed E-state index contributed by atoms with van der Waals surface area (Å²) in [6, 6.07) is 9.43. The molecule has 2 aromatic rings. The number of likely N-dealkylation sites (N-methyl/N-ethyl adjacent to an activating group) is 1. The summed E-state index contributed by atoms with van der Waals surface area (Å²) in [6.07, 6.45) is -4.47. The molecular formula is C21H18F3N5O3S. The third-order valence-electron chi connectivity index (χ3n) is 4.70. The van der Waals surface area contributed by atoms with Crippen LogP contribution in [0, 0.1) is 0 Å². The van der Waals surface area contributed by atoms with Gasteiger partial charge in [0.05, 0.1) is 16.8 Å². The maximum atomic E-state index is 12.9. The van der Waals surface area contributed by atoms with Crippen LogP contribution in [0.4, 0.5) is 18.9 Å². The molecule has 3 N–H and O–H groups in total. The summed E-state index contributed by atoms with van der Waals surface area (Å²) in [5.41, 5.74) is 2.86. The van der Waals surface area contributed by atoms with Crippen molar-refractivity contribution in [1.82, 2.24) is 10.4 Å². The summed E-state index contributed by atoms with van der Waals surface area (Å²) >= 11 is 5.13. The fourth-order valence-electron chi connectivity index (χ4n) is 3.11. The molecule has 0 radical (unpaired) electrons. The molecule has 3 rings (SSSR count). The minimum absolute atomic E-state index is 0.0329. The van der Waals surface area contributed by atoms with Gasteiger partial charge in [0.25, 0.3) is 0 Å². The largest absolute Gasteiger partial charge is 0.478 e. The van der Waals surface area contributed by atoms with E-state index in [2.05, 4.69) is 20.9 Å². The predicted octanol–water partition coefficient (Wildman–Crippen LogP) is 3.68. The molecule has 1 aliphatic heterocycles. The molecule has 2 aromatic carbocycles. The van der Waals surface area contributed by atoms with E-state index in [1.165, 1.54) is 43.2 Å². The summed E-state index contributed by atoms with van der Waals surface area (Å²) < 4.78 is 38.4. The molecule has 172 valence electrons. The number of ketones is 1. The van der Waals surface area contributed by atoms with Crippen molar-refractivity contribution in [3.63, 3.8) is 0 Å². The molecule has 0 aliphatic carbocycles. The molecule has 8 nitrogen and oxygen atoms in total. The molecule has 0 amide bonds. The number of carbonyl (C=O) groups is 2. The van der Waals surface area contributed by atoms with Gasteiger partial charge < -0.3 is 10.4 Å². The highest BCUT2D eigenvalue weighted by Gasteiger charge is 2.37. The van der Waals surface area contributed by atoms with E-state index in [1.54, 1.807) is 12.1 Å². The van der Waals surface area contributed by atoms with E-state index in [4.69, 9.17) is 17.3 Å². The number of hydrogen-bond donors (Lipinski definition) is 3. The van der Waals surface area contributed by atoms with Crippen molar-refractivity contribution in [3.05, 3.63) is 65.2 Å². The predicted molar refractivity (Wildman–Crippen MR) is 120 cm³/mol. The molecule has 0 spiro atoms. The fourth-order valence-corrected chi connectivity index (χ4v) is 3.28. The van der Waals surface area contributed by atoms with Crippen LogP contribution in [0.1, 0.15) is 34.5 Å². The zero-order valence-corrected chi connectivity index (χ0v) is 18.2. The number of anilines is 1. The standard InChI is InChI=1S/C21H18F3N5O3S/c1-11(26-27-20(33)25-15-5-3-4-13(10-15)19(31)32)16-18(30)17(29(2)28-16)12-6-8-14(9-7-12)21(22,23)24/h3-10,17H,1-2H3,(H,31,32)(H2,25,27,33)/b26-11+. The smallest absolute Gasteiger partial charge is 0.416 e. The second kappa shape index (κ2) is 9.36. The quantitative estimate of drug-likeness (QED) is 0.343. The number of nitrogens with zero attached hydrogens (tertiary/aromatic N) is 3. The molecule has 33 heavy (non-hydrogen) atoms. The first kappa shape index (κ1) is 23.9. The lowest BCUT2D eigenvalue weighted by molar-refractivity contribution is -0.137. The van der Waals surface area contributed by atoms with Gasteiger partial charge in [-0.05, 0) is 55.0 Å². The second-order valence-electron chi connectivity index (χ2n) is 7.06. The molecule has 1 atom stereocenters. The highest BCUT2D eigenvalue weighted by Crippen LogP contribution is 2.32. The Hall–Kier alpha value is -3.80. The summed E-state index contributed by atoms with van der Waals surface area (Å²) in [5, 5.41) is 21.4. The second-order valence-corrected chi connectivity index (χ2v) is 7.47. The molecule has 1 heterocycles. The van der Waals surface area contributed by atoms with Crippen LogP contribution in [-0.4, -0.2) is 45.5 Å². The van der Waals surface area contributed by atoms with Crippen LogP contribution < -0.4 is 10.7 Å². The molecular weight excluding hydrogens is 459 g/mol. The molecule has 1 aliphatic rings. The van der Waals surface area contributed by atoms with E-state index in [9.17, 15) is 22.8 Å². The lowest BCUT2D eigenvalue weighted by Crippen LogP contribution is -2.29. The summed E-state index contributed by atoms with van der Waals surface area (Å²) in [7, 11) is 1.54. The van der Waals surface area contributed by atoms with Gasteiger partial charge in [0.2, 0.25) is 5.78 Å². The van der Waals surface area contributed by atoms with Crippen LogP contribution in [0.25, 0.3) is 0 Å². The van der Waals surface area contributed by atoms with Crippen molar-refractivity contribution in [1.29, 1.82) is 0 Å². The van der Waals surface area contributed by atoms with Crippen LogP contribution in [0.2, 0.25) is 0 Å². The number of benzene rings is 2. The van der Waals surface area contributed by atoms with Crippen molar-refractivity contribution >= 4 is 46.2 Å². The average Bonchev–Trinajstić information content (AvgIpc) is 3.05. The molecule has 0 bridgehead atoms. The first-order chi connectivity index (χ1) is 15.5. The third kappa shape index (κ3) is 5.52. The number of rotatable bonds is 5. The molecule has 0 saturated heterocycles. The number of carboxylic acid groups (broad SMARTS) is 1. The van der Waals surface area contributed by atoms with E-state index in [1.807, 2.05) is 0 Å². The van der Waals surface area contributed by atoms with Gasteiger partial charge in [-0.25, -0.2) is 4.79 Å². The summed E-state index contributed by atoms with van der Waals surface area (Å²) in [6.45, 7) is 1.53. The van der Waals surface area contributed by atoms with Gasteiger partial charge in [0, 0.05) is 12.7 Å². The first-order valence-corrected chi connectivity index (χ1v) is 9.86. The number of carboxylic acids is 1. The molecule has 0 fully saturated rings. The first-order valence-electron chi connectivity index (χ1n) is 9.45. The number of aromatic carboxylic acids is 1. The van der Waals surface area contributed by atoms with E-state index in [-0.39, 0.29) is 22.1 Å². The van der Waals surface area contributed by atoms with Gasteiger partial charge in [-0.3, -0.25) is 15.2 Å². The van der Waals surface area contributed by atoms with Gasteiger partial charge in [-0.1, -0.05) is 18.2 Å². The molecule has 0 saturated carbocycles. The number of Topliss-reactive ketones (excluding diaryl/α,β-unsaturated/α-hetero) is 1. The number of thiocarbonyl (C=S) groups is 1. The highest BCUT2D eigenvalue weighted by atomic mass is 32.1. The number of carbonyl (C=O) groups excluding carboxylic acids is 1. The van der Waals surface area contributed by atoms with E-state index in [0.717, 1.165) is 12.1 Å². The summed E-state index contributed by atoms with van der Waals surface area (Å²) in [4.78, 5) is 23.9. The molecule has 0 aromatic heterocycles. The van der Waals surface area contributed by atoms with Crippen molar-refractivity contribution in [3.8, 4) is 0 Å². The fraction of sp³-hybridized carbons (Fsp3) is 0.190. The van der Waals surface area contributed by atoms with E-state index < -0.39 is 29.5 Å². The lowest BCUT2D eigenvalue weighted by atomic mass is 9.98. The zero-order chi connectivity index (χ0) is 24.3. The van der Waals surface area contributed by atoms with E-state index >= 15 is 0 Å². The monoisotopic (exact) mass is 477 g/mol. The van der Waals surface area contributed by atoms with Crippen LogP contribution in [0.15, 0.2) is 58.7 Å². The van der Waals surface area contributed by atoms with Crippen molar-refractivity contribution < 1.29 is 27.9 Å². The number of halogens is 3. The Morgan fingerprint density at radius 1 is 1.21 bits per heavy atom. The Balaban J connectivity index is 1.67. The number of nitrogens with one attached hydrogen (secondary N) is 2. The van der Waals surface area contributed by atoms with Gasteiger partial charge in [-0.15, -0.1) is 0 Å². The maximum Gasteiger partial charge on any atom is 0.416 e. The van der Waals surface area contributed by atoms with Gasteiger partial charge in [-0.2, -0.15) is 23.4 Å². The summed E-state index contributed by atoms with van der Waals surface area (Å²) in [5.74, 6) is -1.51. The Labute approximate surface area is 191 Å². The Morgan fingerprint density at radius 2 is 1.88 bits per heavy atom. The number of hydrazone groups is 2. The number of alkyl halides is 3. The average molecular weight is 477 g/mol. The van der Waals surface area contributed by atoms with Crippen LogP contribution >= 0.6 is 12.2 Å². The van der Waals surface area contributed by atoms with Gasteiger partial charge >= 0.3 is 12.1 Å². The van der Waals surface area contributed by atoms with Crippen LogP contribution in [0.3, 0.4) is 0 Å². The Kier molecular flexibility index (Phi) is 6.77. The Morgan fingerprint density at radius 3 is 2.48 bits per heavy atom. The van der Waals surface area contributed by atoms with E-state index in [0.29, 0.717) is 11.3 Å². The maximum absolute atomic E-state index is 12.9. The van der Waals surface area contributed by atoms with Crippen molar-refractivity contribution in [2.24, 2.45) is 10.2 Å². The van der Waals surface area contributed by atoms with Gasteiger partial charge in [0.1, 0.15) is 6.04 Å². The number of hydrogen-bond acceptors (Lipinski definition) is 6. The molecule has 12 heteroatoms. The van der Waals surface area contributed by atoms with Crippen molar-refractivity contribution in [2.75, 3.05) is 12.4 Å². The molecule has 1 unspecified atom stereocenters. The zero-order valence-electron chi connectivity index (χ0n) is 17.3. The highest BCUT2D eigenvalue weighted by molar-refractivity contribution is 7.80. The van der Waals surface area contributed by atoms with Gasteiger partial charge in [0.15, 0.2) is 10.8 Å². The normalized spacial score (nSPS) is 16.5. The van der Waals surface area contributed by atoms with Crippen LogP contribution in [0.5, 0.6) is 0 Å². The minimum Gasteiger partial charge on any atom is -0.478 e. The lowest BCUT2D eigenvalue weighted by Gasteiger charge is -2.18. The minimum atomic E-state index is -4.47.